The van der Waals surface area contributed by atoms with E-state index in [0.29, 0.717) is 30.9 Å². The summed E-state index contributed by atoms with van der Waals surface area (Å²) in [4.78, 5) is 11.9. The smallest absolute Gasteiger partial charge is 0.231 e. The largest absolute Gasteiger partial charge is 0.454 e. The fraction of sp³-hybridized carbons (Fsp3) is 0.350. The number of hydrogen-bond acceptors (Lipinski definition) is 4. The molecule has 3 rings (SSSR count). The van der Waals surface area contributed by atoms with Gasteiger partial charge < -0.3 is 19.9 Å². The topological polar surface area (TPSA) is 67.8 Å². The van der Waals surface area contributed by atoms with Gasteiger partial charge in [0.1, 0.15) is 0 Å². The molecule has 5 heteroatoms. The van der Waals surface area contributed by atoms with Gasteiger partial charge in [-0.2, -0.15) is 0 Å². The zero-order chi connectivity index (χ0) is 17.5. The zero-order valence-electron chi connectivity index (χ0n) is 14.1. The summed E-state index contributed by atoms with van der Waals surface area (Å²) < 4.78 is 10.6. The Morgan fingerprint density at radius 3 is 2.76 bits per heavy atom. The van der Waals surface area contributed by atoms with Crippen molar-refractivity contribution in [2.75, 3.05) is 13.3 Å². The molecule has 0 radical (unpaired) electrons. The van der Waals surface area contributed by atoms with Crippen LogP contribution in [0, 0.1) is 0 Å². The van der Waals surface area contributed by atoms with Crippen LogP contribution >= 0.6 is 0 Å². The number of nitrogens with one attached hydrogen (secondary N) is 1. The van der Waals surface area contributed by atoms with Gasteiger partial charge in [-0.3, -0.25) is 4.79 Å². The van der Waals surface area contributed by atoms with Gasteiger partial charge in [-0.25, -0.2) is 0 Å². The van der Waals surface area contributed by atoms with Crippen molar-refractivity contribution in [3.05, 3.63) is 59.7 Å². The van der Waals surface area contributed by atoms with Crippen molar-refractivity contribution in [3.63, 3.8) is 0 Å². The third-order valence-electron chi connectivity index (χ3n) is 4.23. The van der Waals surface area contributed by atoms with Crippen LogP contribution in [0.15, 0.2) is 48.5 Å². The van der Waals surface area contributed by atoms with Crippen LogP contribution in [0.3, 0.4) is 0 Å². The molecule has 0 fully saturated rings. The fourth-order valence-electron chi connectivity index (χ4n) is 2.82. The summed E-state index contributed by atoms with van der Waals surface area (Å²) in [7, 11) is 0. The molecule has 0 aromatic heterocycles. The molecule has 2 aromatic rings. The van der Waals surface area contributed by atoms with Crippen LogP contribution < -0.4 is 14.8 Å². The maximum atomic E-state index is 11.9. The van der Waals surface area contributed by atoms with Crippen molar-refractivity contribution in [2.45, 2.75) is 31.8 Å². The van der Waals surface area contributed by atoms with E-state index in [1.54, 1.807) is 12.1 Å². The fourth-order valence-corrected chi connectivity index (χ4v) is 2.82. The number of hydrogen-bond donors (Lipinski definition) is 2. The Labute approximate surface area is 147 Å². The predicted molar refractivity (Wildman–Crippen MR) is 94.5 cm³/mol. The maximum Gasteiger partial charge on any atom is 0.231 e. The minimum atomic E-state index is -0.640. The van der Waals surface area contributed by atoms with Crippen LogP contribution in [0.2, 0.25) is 0 Å². The Bertz CT molecular complexity index is 702. The second-order valence-corrected chi connectivity index (χ2v) is 6.11. The molecule has 0 saturated carbocycles. The Morgan fingerprint density at radius 1 is 1.12 bits per heavy atom. The van der Waals surface area contributed by atoms with Gasteiger partial charge in [0.05, 0.1) is 6.10 Å². The minimum Gasteiger partial charge on any atom is -0.454 e. The quantitative estimate of drug-likeness (QED) is 0.775. The Morgan fingerprint density at radius 2 is 1.92 bits per heavy atom. The molecule has 132 valence electrons. The van der Waals surface area contributed by atoms with Gasteiger partial charge >= 0.3 is 0 Å². The summed E-state index contributed by atoms with van der Waals surface area (Å²) in [6.07, 6.45) is 2.03. The minimum absolute atomic E-state index is 0.0221. The lowest BCUT2D eigenvalue weighted by molar-refractivity contribution is -0.121. The highest BCUT2D eigenvalue weighted by Gasteiger charge is 2.16. The molecular weight excluding hydrogens is 318 g/mol. The first-order valence-electron chi connectivity index (χ1n) is 8.60. The van der Waals surface area contributed by atoms with Crippen LogP contribution in [-0.2, 0) is 11.2 Å². The molecule has 0 spiro atoms. The van der Waals surface area contributed by atoms with Crippen LogP contribution in [-0.4, -0.2) is 24.4 Å². The second kappa shape index (κ2) is 8.53. The maximum absolute atomic E-state index is 11.9. The predicted octanol–water partition coefficient (Wildman–Crippen LogP) is 2.98. The van der Waals surface area contributed by atoms with E-state index in [1.807, 2.05) is 24.3 Å². The monoisotopic (exact) mass is 341 g/mol. The number of aryl methyl sites for hydroxylation is 1. The number of rotatable bonds is 8. The van der Waals surface area contributed by atoms with Crippen LogP contribution in [0.1, 0.15) is 36.5 Å². The standard InChI is InChI=1S/C20H23NO4/c22-17(16-9-10-18-19(13-16)25-14-24-18)11-12-21-20(23)8-4-7-15-5-2-1-3-6-15/h1-3,5-6,9-10,13,17,22H,4,7-8,11-12,14H2,(H,21,23). The van der Waals surface area contributed by atoms with E-state index >= 15 is 0 Å². The highest BCUT2D eigenvalue weighted by atomic mass is 16.7. The highest BCUT2D eigenvalue weighted by Crippen LogP contribution is 2.34. The number of aliphatic hydroxyl groups is 1. The summed E-state index contributed by atoms with van der Waals surface area (Å²) in [6, 6.07) is 15.5. The highest BCUT2D eigenvalue weighted by molar-refractivity contribution is 5.75. The molecule has 1 atom stereocenters. The van der Waals surface area contributed by atoms with Crippen LogP contribution in [0.4, 0.5) is 0 Å². The van der Waals surface area contributed by atoms with Gasteiger partial charge in [-0.15, -0.1) is 0 Å². The van der Waals surface area contributed by atoms with Gasteiger partial charge in [0, 0.05) is 13.0 Å². The average Bonchev–Trinajstić information content (AvgIpc) is 3.10. The molecule has 25 heavy (non-hydrogen) atoms. The molecule has 2 aromatic carbocycles. The van der Waals surface area contributed by atoms with E-state index in [2.05, 4.69) is 17.4 Å². The first-order chi connectivity index (χ1) is 12.2. The summed E-state index contributed by atoms with van der Waals surface area (Å²) in [6.45, 7) is 0.660. The number of benzene rings is 2. The van der Waals surface area contributed by atoms with Gasteiger partial charge in [0.15, 0.2) is 11.5 Å². The number of ether oxygens (including phenoxy) is 2. The number of carbonyl (C=O) groups excluding carboxylic acids is 1. The number of amides is 1. The molecule has 0 aliphatic carbocycles. The first-order valence-corrected chi connectivity index (χ1v) is 8.60. The molecule has 1 heterocycles. The van der Waals surface area contributed by atoms with E-state index in [4.69, 9.17) is 9.47 Å². The molecule has 2 N–H and O–H groups in total. The molecule has 1 aliphatic heterocycles. The third kappa shape index (κ3) is 4.97. The van der Waals surface area contributed by atoms with Crippen molar-refractivity contribution < 1.29 is 19.4 Å². The van der Waals surface area contributed by atoms with Crippen molar-refractivity contribution in [1.82, 2.24) is 5.32 Å². The average molecular weight is 341 g/mol. The summed E-state index contributed by atoms with van der Waals surface area (Å²) in [5.41, 5.74) is 2.01. The molecular formula is C20H23NO4. The van der Waals surface area contributed by atoms with E-state index < -0.39 is 6.10 Å². The van der Waals surface area contributed by atoms with E-state index in [0.717, 1.165) is 18.4 Å². The first kappa shape index (κ1) is 17.3. The normalized spacial score (nSPS) is 13.5. The lowest BCUT2D eigenvalue weighted by Gasteiger charge is -2.12. The summed E-state index contributed by atoms with van der Waals surface area (Å²) >= 11 is 0. The summed E-state index contributed by atoms with van der Waals surface area (Å²) in [5.74, 6) is 1.37. The molecule has 0 bridgehead atoms. The molecule has 1 amide bonds. The molecule has 1 aliphatic rings. The Balaban J connectivity index is 1.35. The number of aliphatic hydroxyl groups excluding tert-OH is 1. The number of carbonyl (C=O) groups is 1. The third-order valence-corrected chi connectivity index (χ3v) is 4.23. The van der Waals surface area contributed by atoms with Crippen molar-refractivity contribution >= 4 is 5.91 Å². The van der Waals surface area contributed by atoms with Gasteiger partial charge in [-0.05, 0) is 42.5 Å². The van der Waals surface area contributed by atoms with Crippen molar-refractivity contribution in [2.24, 2.45) is 0 Å². The van der Waals surface area contributed by atoms with Crippen LogP contribution in [0.5, 0.6) is 11.5 Å². The number of fused-ring (bicyclic) bond motifs is 1. The van der Waals surface area contributed by atoms with Crippen LogP contribution in [0.25, 0.3) is 0 Å². The molecule has 1 unspecified atom stereocenters. The van der Waals surface area contributed by atoms with E-state index in [9.17, 15) is 9.90 Å². The zero-order valence-corrected chi connectivity index (χ0v) is 14.1. The lowest BCUT2D eigenvalue weighted by Crippen LogP contribution is -2.25. The van der Waals surface area contributed by atoms with Gasteiger partial charge in [0.25, 0.3) is 0 Å². The van der Waals surface area contributed by atoms with E-state index in [-0.39, 0.29) is 12.7 Å². The van der Waals surface area contributed by atoms with Gasteiger partial charge in [-0.1, -0.05) is 36.4 Å². The molecule has 5 nitrogen and oxygen atoms in total. The van der Waals surface area contributed by atoms with Gasteiger partial charge in [0.2, 0.25) is 12.7 Å². The lowest BCUT2D eigenvalue weighted by atomic mass is 10.1. The van der Waals surface area contributed by atoms with Crippen molar-refractivity contribution in [1.29, 1.82) is 0 Å². The SMILES string of the molecule is O=C(CCCc1ccccc1)NCCC(O)c1ccc2c(c1)OCO2. The second-order valence-electron chi connectivity index (χ2n) is 6.11. The Kier molecular flexibility index (Phi) is 5.90. The Hall–Kier alpha value is -2.53. The molecule has 0 saturated heterocycles. The van der Waals surface area contributed by atoms with E-state index in [1.165, 1.54) is 5.56 Å². The summed E-state index contributed by atoms with van der Waals surface area (Å²) in [5, 5.41) is 13.1. The van der Waals surface area contributed by atoms with Crippen molar-refractivity contribution in [3.8, 4) is 11.5 Å².